The van der Waals surface area contributed by atoms with Crippen molar-refractivity contribution < 1.29 is 4.79 Å². The second kappa shape index (κ2) is 3.05. The molecule has 3 heteroatoms. The molecule has 0 heterocycles. The van der Waals surface area contributed by atoms with E-state index in [0.717, 1.165) is 12.8 Å². The van der Waals surface area contributed by atoms with Crippen molar-refractivity contribution in [2.75, 3.05) is 0 Å². The van der Waals surface area contributed by atoms with Gasteiger partial charge in [-0.15, -0.1) is 0 Å². The van der Waals surface area contributed by atoms with Crippen LogP contribution in [0.4, 0.5) is 0 Å². The van der Waals surface area contributed by atoms with Crippen molar-refractivity contribution >= 4 is 18.5 Å². The molecule has 1 aliphatic rings. The molecule has 0 bridgehead atoms. The van der Waals surface area contributed by atoms with Crippen LogP contribution in [0.15, 0.2) is 0 Å². The summed E-state index contributed by atoms with van der Waals surface area (Å²) in [5, 5.41) is 2.94. The zero-order valence-corrected chi connectivity index (χ0v) is 7.95. The molecule has 0 aromatic carbocycles. The molecule has 1 aliphatic carbocycles. The lowest BCUT2D eigenvalue weighted by atomic mass is 9.92. The molecule has 0 spiro atoms. The van der Waals surface area contributed by atoms with E-state index in [-0.39, 0.29) is 5.91 Å². The molecule has 11 heavy (non-hydrogen) atoms. The van der Waals surface area contributed by atoms with Crippen LogP contribution in [0.3, 0.4) is 0 Å². The molecule has 1 N–H and O–H groups in total. The number of carbonyl (C=O) groups excluding carboxylic acids is 1. The maximum Gasteiger partial charge on any atom is 0.235 e. The minimum atomic E-state index is -0.532. The highest BCUT2D eigenvalue weighted by molar-refractivity contribution is 7.82. The minimum Gasteiger partial charge on any atom is -0.352 e. The molecule has 0 radical (unpaired) electrons. The fraction of sp³-hybridized carbons (Fsp3) is 0.875. The molecule has 0 unspecified atom stereocenters. The lowest BCUT2D eigenvalue weighted by Gasteiger charge is -2.29. The number of rotatable bonds is 2. The average Bonchev–Trinajstić information content (AvgIpc) is 1.75. The summed E-state index contributed by atoms with van der Waals surface area (Å²) in [5.74, 6) is 0.0468. The molecular formula is C8H15NOS. The molecule has 0 saturated heterocycles. The van der Waals surface area contributed by atoms with Gasteiger partial charge in [-0.2, -0.15) is 12.6 Å². The number of amides is 1. The van der Waals surface area contributed by atoms with Crippen LogP contribution in [-0.2, 0) is 4.79 Å². The van der Waals surface area contributed by atoms with Crippen LogP contribution >= 0.6 is 12.6 Å². The fourth-order valence-electron chi connectivity index (χ4n) is 0.915. The highest BCUT2D eigenvalue weighted by Gasteiger charge is 2.27. The van der Waals surface area contributed by atoms with Crippen molar-refractivity contribution in [3.63, 3.8) is 0 Å². The summed E-state index contributed by atoms with van der Waals surface area (Å²) in [6.07, 6.45) is 3.52. The highest BCUT2D eigenvalue weighted by atomic mass is 32.1. The zero-order chi connectivity index (χ0) is 8.48. The first-order chi connectivity index (χ1) is 5.00. The first-order valence-corrected chi connectivity index (χ1v) is 4.48. The number of thiol groups is 1. The van der Waals surface area contributed by atoms with E-state index < -0.39 is 4.75 Å². The van der Waals surface area contributed by atoms with E-state index in [9.17, 15) is 4.79 Å². The van der Waals surface area contributed by atoms with Gasteiger partial charge >= 0.3 is 0 Å². The van der Waals surface area contributed by atoms with E-state index in [0.29, 0.717) is 6.04 Å². The third-order valence-electron chi connectivity index (χ3n) is 2.00. The second-order valence-electron chi connectivity index (χ2n) is 3.66. The van der Waals surface area contributed by atoms with Gasteiger partial charge in [0, 0.05) is 6.04 Å². The summed E-state index contributed by atoms with van der Waals surface area (Å²) in [7, 11) is 0. The van der Waals surface area contributed by atoms with Gasteiger partial charge in [-0.05, 0) is 33.1 Å². The Kier molecular flexibility index (Phi) is 2.47. The zero-order valence-electron chi connectivity index (χ0n) is 7.05. The summed E-state index contributed by atoms with van der Waals surface area (Å²) in [6.45, 7) is 3.62. The van der Waals surface area contributed by atoms with Crippen LogP contribution in [0.2, 0.25) is 0 Å². The van der Waals surface area contributed by atoms with Crippen molar-refractivity contribution in [2.24, 2.45) is 0 Å². The van der Waals surface area contributed by atoms with Gasteiger partial charge in [-0.25, -0.2) is 0 Å². The molecule has 1 saturated carbocycles. The van der Waals surface area contributed by atoms with E-state index in [1.807, 2.05) is 13.8 Å². The fourth-order valence-corrected chi connectivity index (χ4v) is 0.979. The van der Waals surface area contributed by atoms with Crippen LogP contribution in [0.1, 0.15) is 33.1 Å². The Bertz CT molecular complexity index is 158. The summed E-state index contributed by atoms with van der Waals surface area (Å²) in [4.78, 5) is 11.3. The predicted octanol–water partition coefficient (Wildman–Crippen LogP) is 1.36. The van der Waals surface area contributed by atoms with E-state index >= 15 is 0 Å². The molecule has 1 fully saturated rings. The Hall–Kier alpha value is -0.180. The van der Waals surface area contributed by atoms with Gasteiger partial charge in [0.05, 0.1) is 4.75 Å². The molecule has 0 aliphatic heterocycles. The smallest absolute Gasteiger partial charge is 0.235 e. The normalized spacial score (nSPS) is 19.2. The molecular weight excluding hydrogens is 158 g/mol. The first-order valence-electron chi connectivity index (χ1n) is 4.03. The largest absolute Gasteiger partial charge is 0.352 e. The molecule has 1 rings (SSSR count). The van der Waals surface area contributed by atoms with Crippen LogP contribution in [0.5, 0.6) is 0 Å². The van der Waals surface area contributed by atoms with Crippen molar-refractivity contribution in [1.29, 1.82) is 0 Å². The van der Waals surface area contributed by atoms with Crippen molar-refractivity contribution in [3.05, 3.63) is 0 Å². The van der Waals surface area contributed by atoms with Crippen LogP contribution in [-0.4, -0.2) is 16.7 Å². The molecule has 64 valence electrons. The lowest BCUT2D eigenvalue weighted by Crippen LogP contribution is -2.46. The van der Waals surface area contributed by atoms with Gasteiger partial charge in [-0.3, -0.25) is 4.79 Å². The topological polar surface area (TPSA) is 29.1 Å². The molecule has 0 atom stereocenters. The molecule has 0 aromatic heterocycles. The third kappa shape index (κ3) is 2.40. The highest BCUT2D eigenvalue weighted by Crippen LogP contribution is 2.20. The van der Waals surface area contributed by atoms with Crippen molar-refractivity contribution in [2.45, 2.75) is 43.9 Å². The summed E-state index contributed by atoms with van der Waals surface area (Å²) < 4.78 is -0.532. The third-order valence-corrected chi connectivity index (χ3v) is 2.20. The Labute approximate surface area is 73.2 Å². The van der Waals surface area contributed by atoms with Crippen molar-refractivity contribution in [1.82, 2.24) is 5.32 Å². The number of carbonyl (C=O) groups is 1. The number of hydrogen-bond acceptors (Lipinski definition) is 2. The van der Waals surface area contributed by atoms with Gasteiger partial charge in [0.2, 0.25) is 5.91 Å². The maximum atomic E-state index is 11.3. The number of nitrogens with one attached hydrogen (secondary N) is 1. The Morgan fingerprint density at radius 3 is 2.36 bits per heavy atom. The molecule has 0 aromatic rings. The lowest BCUT2D eigenvalue weighted by molar-refractivity contribution is -0.123. The van der Waals surface area contributed by atoms with Gasteiger partial charge in [0.1, 0.15) is 0 Å². The predicted molar refractivity (Wildman–Crippen MR) is 48.8 cm³/mol. The quantitative estimate of drug-likeness (QED) is 0.607. The van der Waals surface area contributed by atoms with E-state index in [1.54, 1.807) is 0 Å². The number of hydrogen-bond donors (Lipinski definition) is 2. The first kappa shape index (κ1) is 8.91. The second-order valence-corrected chi connectivity index (χ2v) is 4.78. The van der Waals surface area contributed by atoms with E-state index in [1.165, 1.54) is 6.42 Å². The van der Waals surface area contributed by atoms with Gasteiger partial charge in [0.25, 0.3) is 0 Å². The SMILES string of the molecule is CC(C)(S)C(=O)NC1CCC1. The van der Waals surface area contributed by atoms with E-state index in [4.69, 9.17) is 0 Å². The van der Waals surface area contributed by atoms with Gasteiger partial charge < -0.3 is 5.32 Å². The Morgan fingerprint density at radius 1 is 1.55 bits per heavy atom. The van der Waals surface area contributed by atoms with Crippen LogP contribution < -0.4 is 5.32 Å². The summed E-state index contributed by atoms with van der Waals surface area (Å²) in [6, 6.07) is 0.425. The average molecular weight is 173 g/mol. The van der Waals surface area contributed by atoms with Crippen LogP contribution in [0.25, 0.3) is 0 Å². The molecule has 2 nitrogen and oxygen atoms in total. The van der Waals surface area contributed by atoms with E-state index in [2.05, 4.69) is 17.9 Å². The maximum absolute atomic E-state index is 11.3. The molecule has 1 amide bonds. The van der Waals surface area contributed by atoms with Gasteiger partial charge in [0.15, 0.2) is 0 Å². The minimum absolute atomic E-state index is 0.0468. The Balaban J connectivity index is 2.30. The van der Waals surface area contributed by atoms with Gasteiger partial charge in [-0.1, -0.05) is 0 Å². The monoisotopic (exact) mass is 173 g/mol. The summed E-state index contributed by atoms with van der Waals surface area (Å²) >= 11 is 4.18. The Morgan fingerprint density at radius 2 is 2.09 bits per heavy atom. The standard InChI is InChI=1S/C8H15NOS/c1-8(2,11)7(10)9-6-4-3-5-6/h6,11H,3-5H2,1-2H3,(H,9,10). The van der Waals surface area contributed by atoms with Crippen LogP contribution in [0, 0.1) is 0 Å². The van der Waals surface area contributed by atoms with Crippen molar-refractivity contribution in [3.8, 4) is 0 Å². The summed E-state index contributed by atoms with van der Waals surface area (Å²) in [5.41, 5.74) is 0.